The first-order valence-electron chi connectivity index (χ1n) is 7.33. The van der Waals surface area contributed by atoms with Gasteiger partial charge in [-0.25, -0.2) is 0 Å². The molecule has 0 spiro atoms. The summed E-state index contributed by atoms with van der Waals surface area (Å²) < 4.78 is 23.9. The van der Waals surface area contributed by atoms with Crippen molar-refractivity contribution in [3.05, 3.63) is 29.8 Å². The molecule has 20 heavy (non-hydrogen) atoms. The number of rotatable bonds is 7. The minimum atomic E-state index is -3.18. The van der Waals surface area contributed by atoms with Gasteiger partial charge in [0.25, 0.3) is 0 Å². The summed E-state index contributed by atoms with van der Waals surface area (Å²) in [6.45, 7) is 11.3. The van der Waals surface area contributed by atoms with Gasteiger partial charge in [-0.1, -0.05) is 46.8 Å². The zero-order chi connectivity index (χ0) is 15.2. The van der Waals surface area contributed by atoms with Crippen LogP contribution < -0.4 is 5.30 Å². The Bertz CT molecular complexity index is 434. The quantitative estimate of drug-likeness (QED) is 0.687. The highest BCUT2D eigenvalue weighted by atomic mass is 31.2. The van der Waals surface area contributed by atoms with Gasteiger partial charge in [0, 0.05) is 0 Å². The fourth-order valence-electron chi connectivity index (χ4n) is 1.75. The molecule has 0 aliphatic heterocycles. The van der Waals surface area contributed by atoms with Crippen LogP contribution in [-0.4, -0.2) is 13.2 Å². The summed E-state index contributed by atoms with van der Waals surface area (Å²) in [6.07, 6.45) is 1.64. The van der Waals surface area contributed by atoms with Crippen molar-refractivity contribution in [2.75, 3.05) is 13.2 Å². The van der Waals surface area contributed by atoms with Gasteiger partial charge in [-0.15, -0.1) is 0 Å². The van der Waals surface area contributed by atoms with Crippen molar-refractivity contribution >= 4 is 12.9 Å². The highest BCUT2D eigenvalue weighted by Gasteiger charge is 2.27. The van der Waals surface area contributed by atoms with E-state index in [0.717, 1.165) is 12.8 Å². The number of hydrogen-bond acceptors (Lipinski definition) is 3. The molecule has 0 atom stereocenters. The Balaban J connectivity index is 2.99. The normalized spacial score (nSPS) is 12.7. The molecule has 0 N–H and O–H groups in total. The molecule has 0 aliphatic carbocycles. The molecule has 1 aromatic carbocycles. The maximum atomic E-state index is 12.8. The molecule has 0 heterocycles. The SMILES string of the molecule is CCCOP(=O)(OCCC)c1ccc(C(C)(C)C)cc1. The van der Waals surface area contributed by atoms with Gasteiger partial charge in [0.15, 0.2) is 0 Å². The Morgan fingerprint density at radius 3 is 1.75 bits per heavy atom. The van der Waals surface area contributed by atoms with E-state index in [-0.39, 0.29) is 5.41 Å². The van der Waals surface area contributed by atoms with E-state index in [9.17, 15) is 4.57 Å². The van der Waals surface area contributed by atoms with Crippen LogP contribution in [0.3, 0.4) is 0 Å². The third-order valence-electron chi connectivity index (χ3n) is 2.98. The maximum absolute atomic E-state index is 12.8. The molecule has 0 saturated carbocycles. The lowest BCUT2D eigenvalue weighted by molar-refractivity contribution is 0.213. The van der Waals surface area contributed by atoms with Gasteiger partial charge in [-0.05, 0) is 36.0 Å². The van der Waals surface area contributed by atoms with Crippen molar-refractivity contribution in [1.82, 2.24) is 0 Å². The zero-order valence-corrected chi connectivity index (χ0v) is 14.2. The highest BCUT2D eigenvalue weighted by Crippen LogP contribution is 2.47. The first-order chi connectivity index (χ1) is 9.33. The van der Waals surface area contributed by atoms with Gasteiger partial charge in [-0.2, -0.15) is 0 Å². The standard InChI is InChI=1S/C16H27O3P/c1-6-12-18-20(17,19-13-7-2)15-10-8-14(9-11-15)16(3,4)5/h8-11H,6-7,12-13H2,1-5H3. The molecule has 1 rings (SSSR count). The minimum Gasteiger partial charge on any atom is -0.305 e. The van der Waals surface area contributed by atoms with Gasteiger partial charge >= 0.3 is 7.60 Å². The van der Waals surface area contributed by atoms with Gasteiger partial charge in [-0.3, -0.25) is 4.57 Å². The predicted molar refractivity (Wildman–Crippen MR) is 84.9 cm³/mol. The van der Waals surface area contributed by atoms with Crippen LogP contribution in [0, 0.1) is 0 Å². The van der Waals surface area contributed by atoms with Crippen molar-refractivity contribution in [3.8, 4) is 0 Å². The molecular weight excluding hydrogens is 271 g/mol. The van der Waals surface area contributed by atoms with Gasteiger partial charge in [0.05, 0.1) is 18.5 Å². The van der Waals surface area contributed by atoms with Crippen molar-refractivity contribution in [2.24, 2.45) is 0 Å². The first kappa shape index (κ1) is 17.4. The zero-order valence-electron chi connectivity index (χ0n) is 13.3. The summed E-state index contributed by atoms with van der Waals surface area (Å²) in [5, 5.41) is 0.646. The lowest BCUT2D eigenvalue weighted by Gasteiger charge is -2.22. The van der Waals surface area contributed by atoms with E-state index < -0.39 is 7.60 Å². The summed E-state index contributed by atoms with van der Waals surface area (Å²) in [7, 11) is -3.18. The fraction of sp³-hybridized carbons (Fsp3) is 0.625. The van der Waals surface area contributed by atoms with Crippen LogP contribution >= 0.6 is 7.60 Å². The molecule has 0 radical (unpaired) electrons. The first-order valence-corrected chi connectivity index (χ1v) is 8.88. The molecule has 1 aromatic rings. The Labute approximate surface area is 123 Å². The maximum Gasteiger partial charge on any atom is 0.361 e. The molecule has 114 valence electrons. The highest BCUT2D eigenvalue weighted by molar-refractivity contribution is 7.62. The Kier molecular flexibility index (Phi) is 6.44. The van der Waals surface area contributed by atoms with E-state index >= 15 is 0 Å². The molecule has 0 saturated heterocycles. The topological polar surface area (TPSA) is 35.5 Å². The molecule has 0 bridgehead atoms. The minimum absolute atomic E-state index is 0.0804. The smallest absolute Gasteiger partial charge is 0.305 e. The van der Waals surface area contributed by atoms with Crippen molar-refractivity contribution < 1.29 is 13.6 Å². The Morgan fingerprint density at radius 2 is 1.40 bits per heavy atom. The molecule has 0 fully saturated rings. The summed E-state index contributed by atoms with van der Waals surface area (Å²) in [5.41, 5.74) is 1.29. The third kappa shape index (κ3) is 4.73. The predicted octanol–water partition coefficient (Wildman–Crippen LogP) is 4.66. The Morgan fingerprint density at radius 1 is 0.950 bits per heavy atom. The summed E-state index contributed by atoms with van der Waals surface area (Å²) in [6, 6.07) is 7.75. The average molecular weight is 298 g/mol. The Hall–Kier alpha value is -0.630. The lowest BCUT2D eigenvalue weighted by atomic mass is 9.87. The molecule has 0 aliphatic rings. The fourth-order valence-corrected chi connectivity index (χ4v) is 3.49. The number of benzene rings is 1. The summed E-state index contributed by atoms with van der Waals surface area (Å²) in [4.78, 5) is 0. The van der Waals surface area contributed by atoms with Crippen LogP contribution in [0.25, 0.3) is 0 Å². The van der Waals surface area contributed by atoms with E-state index in [1.807, 2.05) is 38.1 Å². The largest absolute Gasteiger partial charge is 0.361 e. The molecule has 3 nitrogen and oxygen atoms in total. The van der Waals surface area contributed by atoms with Crippen LogP contribution in [0.2, 0.25) is 0 Å². The number of hydrogen-bond donors (Lipinski definition) is 0. The van der Waals surface area contributed by atoms with Gasteiger partial charge < -0.3 is 9.05 Å². The molecule has 0 aromatic heterocycles. The van der Waals surface area contributed by atoms with Crippen molar-refractivity contribution in [2.45, 2.75) is 52.9 Å². The van der Waals surface area contributed by atoms with E-state index in [4.69, 9.17) is 9.05 Å². The summed E-state index contributed by atoms with van der Waals surface area (Å²) in [5.74, 6) is 0. The second-order valence-corrected chi connectivity index (χ2v) is 7.99. The molecule has 0 amide bonds. The van der Waals surface area contributed by atoms with Crippen LogP contribution in [0.15, 0.2) is 24.3 Å². The lowest BCUT2D eigenvalue weighted by Crippen LogP contribution is -2.15. The van der Waals surface area contributed by atoms with Gasteiger partial charge in [0.2, 0.25) is 0 Å². The van der Waals surface area contributed by atoms with E-state index in [2.05, 4.69) is 20.8 Å². The van der Waals surface area contributed by atoms with Crippen LogP contribution in [-0.2, 0) is 19.0 Å². The third-order valence-corrected chi connectivity index (χ3v) is 4.96. The summed E-state index contributed by atoms with van der Waals surface area (Å²) >= 11 is 0. The van der Waals surface area contributed by atoms with Crippen molar-refractivity contribution in [1.29, 1.82) is 0 Å². The van der Waals surface area contributed by atoms with E-state index in [1.54, 1.807) is 0 Å². The molecule has 0 unspecified atom stereocenters. The molecular formula is C16H27O3P. The molecule has 4 heteroatoms. The van der Waals surface area contributed by atoms with Crippen LogP contribution in [0.5, 0.6) is 0 Å². The van der Waals surface area contributed by atoms with Crippen LogP contribution in [0.4, 0.5) is 0 Å². The van der Waals surface area contributed by atoms with Crippen LogP contribution in [0.1, 0.15) is 53.0 Å². The van der Waals surface area contributed by atoms with Gasteiger partial charge in [0.1, 0.15) is 0 Å². The average Bonchev–Trinajstić information content (AvgIpc) is 2.42. The monoisotopic (exact) mass is 298 g/mol. The van der Waals surface area contributed by atoms with E-state index in [1.165, 1.54) is 5.56 Å². The second-order valence-electron chi connectivity index (χ2n) is 5.96. The van der Waals surface area contributed by atoms with E-state index in [0.29, 0.717) is 18.5 Å². The van der Waals surface area contributed by atoms with Crippen molar-refractivity contribution in [3.63, 3.8) is 0 Å². The second kappa shape index (κ2) is 7.40.